The fourth-order valence-corrected chi connectivity index (χ4v) is 3.43. The van der Waals surface area contributed by atoms with Gasteiger partial charge in [-0.15, -0.1) is 24.0 Å². The van der Waals surface area contributed by atoms with E-state index in [4.69, 9.17) is 10.5 Å². The lowest BCUT2D eigenvalue weighted by Crippen LogP contribution is -2.46. The van der Waals surface area contributed by atoms with Crippen molar-refractivity contribution in [2.75, 3.05) is 51.7 Å². The molecule has 0 aliphatic carbocycles. The van der Waals surface area contributed by atoms with Gasteiger partial charge in [0.15, 0.2) is 5.96 Å². The van der Waals surface area contributed by atoms with Crippen LogP contribution in [0.3, 0.4) is 0 Å². The second-order valence-electron chi connectivity index (χ2n) is 7.05. The van der Waals surface area contributed by atoms with E-state index in [-0.39, 0.29) is 24.0 Å². The average Bonchev–Trinajstić information content (AvgIpc) is 2.73. The van der Waals surface area contributed by atoms with E-state index >= 15 is 0 Å². The summed E-state index contributed by atoms with van der Waals surface area (Å²) >= 11 is 0. The SMILES string of the molecule is COc1ccccc1NC(N)=NCCCN1CCN(Cc2ccccc2)CC1.I. The van der Waals surface area contributed by atoms with Gasteiger partial charge in [-0.05, 0) is 24.1 Å². The number of ether oxygens (including phenoxy) is 1. The molecule has 1 aliphatic heterocycles. The number of methoxy groups -OCH3 is 1. The molecule has 3 rings (SSSR count). The second kappa shape index (κ2) is 12.7. The third kappa shape index (κ3) is 7.83. The summed E-state index contributed by atoms with van der Waals surface area (Å²) in [5, 5.41) is 3.11. The standard InChI is InChI=1S/C22H31N5O.HI/c1-28-21-11-6-5-10-20(21)25-22(23)24-12-7-13-26-14-16-27(17-15-26)18-19-8-3-2-4-9-19;/h2-6,8-11H,7,12-18H2,1H3,(H3,23,24,25);1H. The van der Waals surface area contributed by atoms with Crippen molar-refractivity contribution in [2.24, 2.45) is 10.7 Å². The summed E-state index contributed by atoms with van der Waals surface area (Å²) in [7, 11) is 1.65. The molecule has 0 spiro atoms. The molecular formula is C22H32IN5O. The largest absolute Gasteiger partial charge is 0.495 e. The number of guanidine groups is 1. The zero-order chi connectivity index (χ0) is 19.6. The molecular weight excluding hydrogens is 477 g/mol. The van der Waals surface area contributed by atoms with Crippen molar-refractivity contribution in [3.63, 3.8) is 0 Å². The number of hydrogen-bond acceptors (Lipinski definition) is 4. The molecule has 0 saturated carbocycles. The minimum absolute atomic E-state index is 0. The van der Waals surface area contributed by atoms with E-state index in [0.717, 1.165) is 63.7 Å². The van der Waals surface area contributed by atoms with E-state index in [2.05, 4.69) is 50.4 Å². The molecule has 29 heavy (non-hydrogen) atoms. The summed E-state index contributed by atoms with van der Waals surface area (Å²) in [6, 6.07) is 18.4. The molecule has 6 nitrogen and oxygen atoms in total. The molecule has 0 aromatic heterocycles. The fourth-order valence-electron chi connectivity index (χ4n) is 3.43. The predicted molar refractivity (Wildman–Crippen MR) is 131 cm³/mol. The lowest BCUT2D eigenvalue weighted by molar-refractivity contribution is 0.127. The predicted octanol–water partition coefficient (Wildman–Crippen LogP) is 3.25. The summed E-state index contributed by atoms with van der Waals surface area (Å²) in [6.45, 7) is 7.30. The monoisotopic (exact) mass is 509 g/mol. The normalized spacial score (nSPS) is 15.6. The number of hydrogen-bond donors (Lipinski definition) is 2. The lowest BCUT2D eigenvalue weighted by Gasteiger charge is -2.34. The Balaban J connectivity index is 0.00000300. The van der Waals surface area contributed by atoms with Gasteiger partial charge in [0.2, 0.25) is 0 Å². The molecule has 0 atom stereocenters. The fraction of sp³-hybridized carbons (Fsp3) is 0.409. The Morgan fingerprint density at radius 1 is 1.00 bits per heavy atom. The van der Waals surface area contributed by atoms with Crippen LogP contribution in [0.25, 0.3) is 0 Å². The van der Waals surface area contributed by atoms with Crippen molar-refractivity contribution in [3.8, 4) is 5.75 Å². The van der Waals surface area contributed by atoms with E-state index in [0.29, 0.717) is 5.96 Å². The van der Waals surface area contributed by atoms with Crippen LogP contribution >= 0.6 is 24.0 Å². The maximum absolute atomic E-state index is 6.00. The maximum Gasteiger partial charge on any atom is 0.193 e. The van der Waals surface area contributed by atoms with Gasteiger partial charge in [-0.3, -0.25) is 9.89 Å². The van der Waals surface area contributed by atoms with Crippen molar-refractivity contribution in [2.45, 2.75) is 13.0 Å². The van der Waals surface area contributed by atoms with Crippen molar-refractivity contribution >= 4 is 35.6 Å². The van der Waals surface area contributed by atoms with Gasteiger partial charge in [-0.25, -0.2) is 0 Å². The molecule has 1 saturated heterocycles. The first-order valence-electron chi connectivity index (χ1n) is 9.93. The number of para-hydroxylation sites is 2. The average molecular weight is 509 g/mol. The molecule has 0 bridgehead atoms. The molecule has 0 radical (unpaired) electrons. The van der Waals surface area contributed by atoms with Crippen LogP contribution in [-0.4, -0.2) is 62.1 Å². The van der Waals surface area contributed by atoms with E-state index in [1.54, 1.807) is 7.11 Å². The Bertz CT molecular complexity index is 748. The number of aliphatic imine (C=N–C) groups is 1. The van der Waals surface area contributed by atoms with Gasteiger partial charge in [0.25, 0.3) is 0 Å². The van der Waals surface area contributed by atoms with Gasteiger partial charge >= 0.3 is 0 Å². The van der Waals surface area contributed by atoms with Crippen molar-refractivity contribution < 1.29 is 4.74 Å². The molecule has 1 fully saturated rings. The summed E-state index contributed by atoms with van der Waals surface area (Å²) in [5.74, 6) is 1.19. The van der Waals surface area contributed by atoms with E-state index < -0.39 is 0 Å². The molecule has 158 valence electrons. The van der Waals surface area contributed by atoms with Crippen LogP contribution in [0.2, 0.25) is 0 Å². The van der Waals surface area contributed by atoms with E-state index in [9.17, 15) is 0 Å². The number of piperazine rings is 1. The molecule has 2 aromatic rings. The molecule has 3 N–H and O–H groups in total. The number of nitrogens with zero attached hydrogens (tertiary/aromatic N) is 3. The Labute approximate surface area is 191 Å². The third-order valence-corrected chi connectivity index (χ3v) is 5.00. The summed E-state index contributed by atoms with van der Waals surface area (Å²) in [6.07, 6.45) is 1.01. The van der Waals surface area contributed by atoms with Gasteiger partial charge in [0, 0.05) is 45.8 Å². The highest BCUT2D eigenvalue weighted by Crippen LogP contribution is 2.22. The van der Waals surface area contributed by atoms with Crippen LogP contribution in [0.15, 0.2) is 59.6 Å². The first kappa shape index (κ1) is 23.4. The minimum atomic E-state index is 0. The van der Waals surface area contributed by atoms with Crippen LogP contribution in [0.5, 0.6) is 5.75 Å². The Morgan fingerprint density at radius 3 is 2.38 bits per heavy atom. The van der Waals surface area contributed by atoms with Crippen LogP contribution in [0.4, 0.5) is 5.69 Å². The highest BCUT2D eigenvalue weighted by molar-refractivity contribution is 14.0. The summed E-state index contributed by atoms with van der Waals surface area (Å²) in [5.41, 5.74) is 8.23. The highest BCUT2D eigenvalue weighted by Gasteiger charge is 2.16. The lowest BCUT2D eigenvalue weighted by atomic mass is 10.2. The zero-order valence-corrected chi connectivity index (χ0v) is 19.4. The van der Waals surface area contributed by atoms with E-state index in [1.807, 2.05) is 24.3 Å². The van der Waals surface area contributed by atoms with E-state index in [1.165, 1.54) is 5.56 Å². The minimum Gasteiger partial charge on any atom is -0.495 e. The van der Waals surface area contributed by atoms with Crippen molar-refractivity contribution in [1.29, 1.82) is 0 Å². The van der Waals surface area contributed by atoms with Crippen LogP contribution in [0.1, 0.15) is 12.0 Å². The number of rotatable bonds is 8. The van der Waals surface area contributed by atoms with Gasteiger partial charge in [0.05, 0.1) is 12.8 Å². The first-order valence-corrected chi connectivity index (χ1v) is 9.93. The Kier molecular flexibility index (Phi) is 10.2. The number of nitrogens with one attached hydrogen (secondary N) is 1. The second-order valence-corrected chi connectivity index (χ2v) is 7.05. The van der Waals surface area contributed by atoms with Crippen molar-refractivity contribution in [3.05, 3.63) is 60.2 Å². The maximum atomic E-state index is 6.00. The molecule has 2 aromatic carbocycles. The van der Waals surface area contributed by atoms with Gasteiger partial charge in [-0.2, -0.15) is 0 Å². The number of nitrogens with two attached hydrogens (primary N) is 1. The zero-order valence-electron chi connectivity index (χ0n) is 17.1. The van der Waals surface area contributed by atoms with Crippen molar-refractivity contribution in [1.82, 2.24) is 9.80 Å². The third-order valence-electron chi connectivity index (χ3n) is 5.00. The van der Waals surface area contributed by atoms with Crippen LogP contribution in [-0.2, 0) is 6.54 Å². The number of anilines is 1. The van der Waals surface area contributed by atoms with Crippen LogP contribution < -0.4 is 15.8 Å². The van der Waals surface area contributed by atoms with Gasteiger partial charge in [0.1, 0.15) is 5.75 Å². The van der Waals surface area contributed by atoms with Crippen LogP contribution in [0, 0.1) is 0 Å². The molecule has 0 unspecified atom stereocenters. The number of benzene rings is 2. The topological polar surface area (TPSA) is 66.1 Å². The molecule has 7 heteroatoms. The van der Waals surface area contributed by atoms with Gasteiger partial charge in [-0.1, -0.05) is 42.5 Å². The van der Waals surface area contributed by atoms with Gasteiger partial charge < -0.3 is 20.7 Å². The Morgan fingerprint density at radius 2 is 1.66 bits per heavy atom. The first-order chi connectivity index (χ1) is 13.7. The quantitative estimate of drug-likeness (QED) is 0.248. The smallest absolute Gasteiger partial charge is 0.193 e. The molecule has 1 aliphatic rings. The Hall–Kier alpha value is -1.84. The molecule has 0 amide bonds. The number of halogens is 1. The summed E-state index contributed by atoms with van der Waals surface area (Å²) < 4.78 is 5.31. The summed E-state index contributed by atoms with van der Waals surface area (Å²) in [4.78, 5) is 9.48. The highest BCUT2D eigenvalue weighted by atomic mass is 127. The molecule has 1 heterocycles.